The average molecular weight is 277 g/mol. The Bertz CT molecular complexity index is 493. The lowest BCUT2D eigenvalue weighted by Gasteiger charge is -2.00. The van der Waals surface area contributed by atoms with Crippen molar-refractivity contribution < 1.29 is 0 Å². The number of aliphatic imine (C=N–C) groups is 1. The van der Waals surface area contributed by atoms with Crippen molar-refractivity contribution in [1.29, 1.82) is 0 Å². The van der Waals surface area contributed by atoms with Gasteiger partial charge in [0.2, 0.25) is 0 Å². The third kappa shape index (κ3) is 2.64. The number of nitrogens with zero attached hydrogens (tertiary/aromatic N) is 3. The van der Waals surface area contributed by atoms with Gasteiger partial charge in [-0.3, -0.25) is 0 Å². The van der Waals surface area contributed by atoms with Gasteiger partial charge in [0, 0.05) is 10.0 Å². The van der Waals surface area contributed by atoms with Gasteiger partial charge in [0.25, 0.3) is 0 Å². The summed E-state index contributed by atoms with van der Waals surface area (Å²) in [5, 5.41) is 0. The van der Waals surface area contributed by atoms with E-state index in [-0.39, 0.29) is 0 Å². The molecule has 4 nitrogen and oxygen atoms in total. The van der Waals surface area contributed by atoms with E-state index in [4.69, 9.17) is 5.73 Å². The molecule has 2 N–H and O–H groups in total. The maximum atomic E-state index is 5.86. The minimum absolute atomic E-state index is 0.447. The minimum atomic E-state index is 0.447. The number of nitrogens with two attached hydrogens (primary N) is 1. The third-order valence-corrected chi connectivity index (χ3v) is 2.47. The summed E-state index contributed by atoms with van der Waals surface area (Å²) in [7, 11) is 0. The summed E-state index contributed by atoms with van der Waals surface area (Å²) in [6.45, 7) is 0. The van der Waals surface area contributed by atoms with Crippen LogP contribution in [0.3, 0.4) is 0 Å². The quantitative estimate of drug-likeness (QED) is 0.676. The Morgan fingerprint density at radius 2 is 1.75 bits per heavy atom. The second kappa shape index (κ2) is 4.85. The van der Waals surface area contributed by atoms with Crippen LogP contribution in [0, 0.1) is 0 Å². The zero-order chi connectivity index (χ0) is 11.4. The Hall–Kier alpha value is -1.75. The molecule has 2 aromatic rings. The minimum Gasteiger partial charge on any atom is -0.383 e. The first-order chi connectivity index (χ1) is 7.75. The highest BCUT2D eigenvalue weighted by atomic mass is 79.9. The van der Waals surface area contributed by atoms with E-state index in [1.54, 1.807) is 12.4 Å². The molecule has 0 spiro atoms. The van der Waals surface area contributed by atoms with Gasteiger partial charge in [-0.05, 0) is 12.1 Å². The SMILES string of the molecule is N/C(=N\c1cncnc1)c1ccc(Br)cc1. The molecule has 0 radical (unpaired) electrons. The van der Waals surface area contributed by atoms with Crippen molar-refractivity contribution in [3.63, 3.8) is 0 Å². The number of rotatable bonds is 2. The van der Waals surface area contributed by atoms with Crippen molar-refractivity contribution in [3.8, 4) is 0 Å². The van der Waals surface area contributed by atoms with Gasteiger partial charge in [0.15, 0.2) is 0 Å². The molecule has 0 amide bonds. The fourth-order valence-corrected chi connectivity index (χ4v) is 1.44. The van der Waals surface area contributed by atoms with Crippen LogP contribution >= 0.6 is 15.9 Å². The molecule has 0 unspecified atom stereocenters. The standard InChI is InChI=1S/C11H9BrN4/c12-9-3-1-8(2-4-9)11(13)16-10-5-14-7-15-6-10/h1-7H,(H2,13,16). The highest BCUT2D eigenvalue weighted by Gasteiger charge is 1.98. The summed E-state index contributed by atoms with van der Waals surface area (Å²) < 4.78 is 1.01. The van der Waals surface area contributed by atoms with Gasteiger partial charge in [-0.25, -0.2) is 15.0 Å². The summed E-state index contributed by atoms with van der Waals surface area (Å²) in [5.74, 6) is 0.447. The first-order valence-corrected chi connectivity index (χ1v) is 5.40. The van der Waals surface area contributed by atoms with Gasteiger partial charge >= 0.3 is 0 Å². The Balaban J connectivity index is 2.28. The monoisotopic (exact) mass is 276 g/mol. The summed E-state index contributed by atoms with van der Waals surface area (Å²) in [4.78, 5) is 11.9. The van der Waals surface area contributed by atoms with E-state index in [1.807, 2.05) is 24.3 Å². The number of benzene rings is 1. The van der Waals surface area contributed by atoms with Crippen LogP contribution in [0.2, 0.25) is 0 Å². The van der Waals surface area contributed by atoms with Gasteiger partial charge in [-0.2, -0.15) is 0 Å². The van der Waals surface area contributed by atoms with Crippen molar-refractivity contribution in [2.45, 2.75) is 0 Å². The van der Waals surface area contributed by atoms with E-state index in [9.17, 15) is 0 Å². The van der Waals surface area contributed by atoms with Crippen molar-refractivity contribution in [2.24, 2.45) is 10.7 Å². The number of amidine groups is 1. The second-order valence-electron chi connectivity index (χ2n) is 3.10. The summed E-state index contributed by atoms with van der Waals surface area (Å²) in [5.41, 5.74) is 7.37. The van der Waals surface area contributed by atoms with E-state index < -0.39 is 0 Å². The Kier molecular flexibility index (Phi) is 3.26. The van der Waals surface area contributed by atoms with Crippen LogP contribution in [-0.2, 0) is 0 Å². The average Bonchev–Trinajstić information content (AvgIpc) is 2.31. The van der Waals surface area contributed by atoms with E-state index in [2.05, 4.69) is 30.9 Å². The largest absolute Gasteiger partial charge is 0.383 e. The molecule has 0 saturated carbocycles. The van der Waals surface area contributed by atoms with Crippen molar-refractivity contribution in [3.05, 3.63) is 53.0 Å². The van der Waals surface area contributed by atoms with E-state index in [0.717, 1.165) is 10.0 Å². The van der Waals surface area contributed by atoms with Crippen LogP contribution in [0.1, 0.15) is 5.56 Å². The Morgan fingerprint density at radius 1 is 1.12 bits per heavy atom. The van der Waals surface area contributed by atoms with E-state index in [1.165, 1.54) is 6.33 Å². The third-order valence-electron chi connectivity index (χ3n) is 1.94. The topological polar surface area (TPSA) is 64.2 Å². The van der Waals surface area contributed by atoms with Gasteiger partial charge in [0.1, 0.15) is 17.9 Å². The van der Waals surface area contributed by atoms with E-state index in [0.29, 0.717) is 11.5 Å². The molecular formula is C11H9BrN4. The van der Waals surface area contributed by atoms with Crippen molar-refractivity contribution >= 4 is 27.5 Å². The first kappa shape index (κ1) is 10.8. The summed E-state index contributed by atoms with van der Waals surface area (Å²) in [6, 6.07) is 7.62. The predicted molar refractivity (Wildman–Crippen MR) is 66.6 cm³/mol. The van der Waals surface area contributed by atoms with Crippen LogP contribution in [0.4, 0.5) is 5.69 Å². The van der Waals surface area contributed by atoms with Crippen LogP contribution in [-0.4, -0.2) is 15.8 Å². The van der Waals surface area contributed by atoms with Gasteiger partial charge in [0.05, 0.1) is 12.4 Å². The molecule has 0 saturated heterocycles. The lowest BCUT2D eigenvalue weighted by molar-refractivity contribution is 1.16. The Labute approximate surface area is 101 Å². The molecule has 0 aliphatic rings. The van der Waals surface area contributed by atoms with Gasteiger partial charge in [-0.1, -0.05) is 28.1 Å². The summed E-state index contributed by atoms with van der Waals surface area (Å²) in [6.07, 6.45) is 4.67. The van der Waals surface area contributed by atoms with Crippen LogP contribution < -0.4 is 5.73 Å². The fourth-order valence-electron chi connectivity index (χ4n) is 1.17. The maximum Gasteiger partial charge on any atom is 0.131 e. The second-order valence-corrected chi connectivity index (χ2v) is 4.02. The fraction of sp³-hybridized carbons (Fsp3) is 0. The molecule has 1 aromatic heterocycles. The molecule has 80 valence electrons. The molecule has 1 heterocycles. The highest BCUT2D eigenvalue weighted by Crippen LogP contribution is 2.12. The molecule has 0 aliphatic carbocycles. The Morgan fingerprint density at radius 3 is 2.38 bits per heavy atom. The van der Waals surface area contributed by atoms with E-state index >= 15 is 0 Å². The maximum absolute atomic E-state index is 5.86. The molecule has 0 aliphatic heterocycles. The smallest absolute Gasteiger partial charge is 0.131 e. The van der Waals surface area contributed by atoms with Gasteiger partial charge in [-0.15, -0.1) is 0 Å². The molecule has 0 bridgehead atoms. The molecule has 0 atom stereocenters. The lowest BCUT2D eigenvalue weighted by atomic mass is 10.2. The number of hydrogen-bond donors (Lipinski definition) is 1. The molecular weight excluding hydrogens is 268 g/mol. The lowest BCUT2D eigenvalue weighted by Crippen LogP contribution is -2.12. The molecule has 2 rings (SSSR count). The first-order valence-electron chi connectivity index (χ1n) is 4.61. The van der Waals surface area contributed by atoms with Crippen LogP contribution in [0.5, 0.6) is 0 Å². The molecule has 1 aromatic carbocycles. The van der Waals surface area contributed by atoms with Crippen molar-refractivity contribution in [1.82, 2.24) is 9.97 Å². The van der Waals surface area contributed by atoms with Crippen LogP contribution in [0.25, 0.3) is 0 Å². The van der Waals surface area contributed by atoms with Crippen LogP contribution in [0.15, 0.2) is 52.5 Å². The molecule has 16 heavy (non-hydrogen) atoms. The zero-order valence-electron chi connectivity index (χ0n) is 8.34. The zero-order valence-corrected chi connectivity index (χ0v) is 9.92. The normalized spacial score (nSPS) is 11.4. The molecule has 0 fully saturated rings. The molecule has 5 heteroatoms. The number of halogens is 1. The van der Waals surface area contributed by atoms with Gasteiger partial charge < -0.3 is 5.73 Å². The highest BCUT2D eigenvalue weighted by molar-refractivity contribution is 9.10. The number of hydrogen-bond acceptors (Lipinski definition) is 3. The number of aromatic nitrogens is 2. The predicted octanol–water partition coefficient (Wildman–Crippen LogP) is 2.28. The summed E-state index contributed by atoms with van der Waals surface area (Å²) >= 11 is 3.36. The van der Waals surface area contributed by atoms with Crippen molar-refractivity contribution in [2.75, 3.05) is 0 Å².